The molecule has 0 atom stereocenters. The van der Waals surface area contributed by atoms with E-state index in [1.54, 1.807) is 6.07 Å². The SMILES string of the molecule is CONC(=O)c1ccc(CN)o1. The van der Waals surface area contributed by atoms with Crippen molar-refractivity contribution in [1.82, 2.24) is 5.48 Å². The predicted octanol–water partition coefficient (Wildman–Crippen LogP) is 0.0295. The molecule has 5 nitrogen and oxygen atoms in total. The lowest BCUT2D eigenvalue weighted by molar-refractivity contribution is 0.0508. The lowest BCUT2D eigenvalue weighted by atomic mass is 10.4. The third-order valence-corrected chi connectivity index (χ3v) is 1.28. The number of furan rings is 1. The normalized spacial score (nSPS) is 9.83. The van der Waals surface area contributed by atoms with Gasteiger partial charge in [0.05, 0.1) is 13.7 Å². The molecule has 5 heteroatoms. The fourth-order valence-electron chi connectivity index (χ4n) is 0.753. The summed E-state index contributed by atoms with van der Waals surface area (Å²) in [6.45, 7) is 0.278. The third-order valence-electron chi connectivity index (χ3n) is 1.28. The number of nitrogens with one attached hydrogen (secondary N) is 1. The van der Waals surface area contributed by atoms with E-state index in [9.17, 15) is 4.79 Å². The van der Waals surface area contributed by atoms with Crippen LogP contribution in [-0.4, -0.2) is 13.0 Å². The minimum Gasteiger partial charge on any atom is -0.454 e. The summed E-state index contributed by atoms with van der Waals surface area (Å²) in [5.74, 6) is 0.339. The Morgan fingerprint density at radius 1 is 1.75 bits per heavy atom. The van der Waals surface area contributed by atoms with Crippen molar-refractivity contribution >= 4 is 5.91 Å². The highest BCUT2D eigenvalue weighted by molar-refractivity contribution is 5.90. The molecule has 0 aliphatic heterocycles. The van der Waals surface area contributed by atoms with E-state index >= 15 is 0 Å². The fraction of sp³-hybridized carbons (Fsp3) is 0.286. The van der Waals surface area contributed by atoms with E-state index in [-0.39, 0.29) is 12.3 Å². The molecule has 0 fully saturated rings. The number of hydroxylamine groups is 1. The summed E-state index contributed by atoms with van der Waals surface area (Å²) in [6.07, 6.45) is 0. The summed E-state index contributed by atoms with van der Waals surface area (Å²) < 4.78 is 5.03. The molecule has 1 aromatic heterocycles. The minimum atomic E-state index is -0.419. The van der Waals surface area contributed by atoms with Gasteiger partial charge in [-0.05, 0) is 12.1 Å². The number of amides is 1. The Morgan fingerprint density at radius 2 is 2.50 bits per heavy atom. The Kier molecular flexibility index (Phi) is 2.84. The maximum absolute atomic E-state index is 11.0. The molecule has 0 aliphatic carbocycles. The standard InChI is InChI=1S/C7H10N2O3/c1-11-9-7(10)6-3-2-5(4-8)12-6/h2-3H,4,8H2,1H3,(H,9,10). The van der Waals surface area contributed by atoms with Gasteiger partial charge < -0.3 is 10.2 Å². The summed E-state index contributed by atoms with van der Waals surface area (Å²) in [5.41, 5.74) is 7.41. The summed E-state index contributed by atoms with van der Waals surface area (Å²) in [5, 5.41) is 0. The first kappa shape index (κ1) is 8.76. The van der Waals surface area contributed by atoms with Crippen LogP contribution in [0.2, 0.25) is 0 Å². The largest absolute Gasteiger partial charge is 0.454 e. The maximum atomic E-state index is 11.0. The molecule has 0 aliphatic rings. The zero-order valence-corrected chi connectivity index (χ0v) is 6.66. The summed E-state index contributed by atoms with van der Waals surface area (Å²) in [6, 6.07) is 3.18. The molecule has 1 aromatic rings. The van der Waals surface area contributed by atoms with Gasteiger partial charge in [0.25, 0.3) is 0 Å². The molecule has 0 saturated heterocycles. The van der Waals surface area contributed by atoms with E-state index in [1.165, 1.54) is 13.2 Å². The third kappa shape index (κ3) is 1.84. The van der Waals surface area contributed by atoms with Gasteiger partial charge in [0.15, 0.2) is 5.76 Å². The maximum Gasteiger partial charge on any atom is 0.310 e. The molecule has 1 amide bonds. The van der Waals surface area contributed by atoms with E-state index in [1.807, 2.05) is 0 Å². The van der Waals surface area contributed by atoms with Crippen molar-refractivity contribution < 1.29 is 14.0 Å². The molecule has 1 heterocycles. The van der Waals surface area contributed by atoms with Gasteiger partial charge in [0, 0.05) is 0 Å². The molecular formula is C7H10N2O3. The number of carbonyl (C=O) groups excluding carboxylic acids is 1. The van der Waals surface area contributed by atoms with Crippen molar-refractivity contribution in [2.45, 2.75) is 6.54 Å². The van der Waals surface area contributed by atoms with Gasteiger partial charge in [-0.3, -0.25) is 9.63 Å². The highest BCUT2D eigenvalue weighted by atomic mass is 16.6. The second-order valence-electron chi connectivity index (χ2n) is 2.11. The monoisotopic (exact) mass is 170 g/mol. The molecule has 1 rings (SSSR count). The number of nitrogens with two attached hydrogens (primary N) is 1. The molecule has 0 unspecified atom stereocenters. The van der Waals surface area contributed by atoms with Crippen LogP contribution in [0.1, 0.15) is 16.3 Å². The molecule has 0 aromatic carbocycles. The van der Waals surface area contributed by atoms with Crippen LogP contribution in [0, 0.1) is 0 Å². The van der Waals surface area contributed by atoms with Gasteiger partial charge in [-0.25, -0.2) is 5.48 Å². The first-order chi connectivity index (χ1) is 5.77. The van der Waals surface area contributed by atoms with Gasteiger partial charge >= 0.3 is 5.91 Å². The van der Waals surface area contributed by atoms with E-state index < -0.39 is 5.91 Å². The Balaban J connectivity index is 2.68. The van der Waals surface area contributed by atoms with Crippen LogP contribution < -0.4 is 11.2 Å². The Bertz CT molecular complexity index is 269. The smallest absolute Gasteiger partial charge is 0.310 e. The summed E-state index contributed by atoms with van der Waals surface area (Å²) in [7, 11) is 1.35. The van der Waals surface area contributed by atoms with E-state index in [2.05, 4.69) is 10.3 Å². The first-order valence-electron chi connectivity index (χ1n) is 3.40. The van der Waals surface area contributed by atoms with Crippen LogP contribution in [0.4, 0.5) is 0 Å². The topological polar surface area (TPSA) is 77.5 Å². The lowest BCUT2D eigenvalue weighted by Gasteiger charge is -1.96. The second kappa shape index (κ2) is 3.89. The number of rotatable bonds is 3. The first-order valence-corrected chi connectivity index (χ1v) is 3.40. The van der Waals surface area contributed by atoms with Crippen LogP contribution in [-0.2, 0) is 11.4 Å². The highest BCUT2D eigenvalue weighted by Crippen LogP contribution is 2.06. The molecule has 66 valence electrons. The van der Waals surface area contributed by atoms with Gasteiger partial charge in [-0.2, -0.15) is 0 Å². The van der Waals surface area contributed by atoms with Gasteiger partial charge in [0.2, 0.25) is 0 Å². The second-order valence-corrected chi connectivity index (χ2v) is 2.11. The van der Waals surface area contributed by atoms with E-state index in [0.29, 0.717) is 5.76 Å². The molecule has 0 bridgehead atoms. The summed E-state index contributed by atoms with van der Waals surface area (Å²) in [4.78, 5) is 15.4. The van der Waals surface area contributed by atoms with E-state index in [4.69, 9.17) is 10.2 Å². The number of hydrogen-bond donors (Lipinski definition) is 2. The zero-order chi connectivity index (χ0) is 8.97. The van der Waals surface area contributed by atoms with Crippen LogP contribution in [0.15, 0.2) is 16.5 Å². The number of carbonyl (C=O) groups is 1. The fourth-order valence-corrected chi connectivity index (χ4v) is 0.753. The minimum absolute atomic E-state index is 0.192. The van der Waals surface area contributed by atoms with Crippen LogP contribution in [0.25, 0.3) is 0 Å². The van der Waals surface area contributed by atoms with Crippen molar-refractivity contribution in [3.05, 3.63) is 23.7 Å². The molecular weight excluding hydrogens is 160 g/mol. The van der Waals surface area contributed by atoms with Gasteiger partial charge in [0.1, 0.15) is 5.76 Å². The molecule has 0 saturated carbocycles. The molecule has 0 spiro atoms. The molecule has 0 radical (unpaired) electrons. The van der Waals surface area contributed by atoms with Crippen molar-refractivity contribution in [2.75, 3.05) is 7.11 Å². The van der Waals surface area contributed by atoms with Gasteiger partial charge in [-0.15, -0.1) is 0 Å². The lowest BCUT2D eigenvalue weighted by Crippen LogP contribution is -2.21. The quantitative estimate of drug-likeness (QED) is 0.627. The Hall–Kier alpha value is -1.33. The average molecular weight is 170 g/mol. The van der Waals surface area contributed by atoms with Crippen molar-refractivity contribution in [3.63, 3.8) is 0 Å². The van der Waals surface area contributed by atoms with Crippen molar-refractivity contribution in [3.8, 4) is 0 Å². The molecule has 3 N–H and O–H groups in total. The van der Waals surface area contributed by atoms with Crippen LogP contribution >= 0.6 is 0 Å². The van der Waals surface area contributed by atoms with Crippen LogP contribution in [0.3, 0.4) is 0 Å². The van der Waals surface area contributed by atoms with Crippen molar-refractivity contribution in [1.29, 1.82) is 0 Å². The Labute approximate surface area is 69.4 Å². The highest BCUT2D eigenvalue weighted by Gasteiger charge is 2.09. The number of hydrogen-bond acceptors (Lipinski definition) is 4. The molecule has 12 heavy (non-hydrogen) atoms. The average Bonchev–Trinajstić information content (AvgIpc) is 2.52. The van der Waals surface area contributed by atoms with Gasteiger partial charge in [-0.1, -0.05) is 0 Å². The van der Waals surface area contributed by atoms with E-state index in [0.717, 1.165) is 0 Å². The zero-order valence-electron chi connectivity index (χ0n) is 6.66. The van der Waals surface area contributed by atoms with Crippen LogP contribution in [0.5, 0.6) is 0 Å². The predicted molar refractivity (Wildman–Crippen MR) is 41.1 cm³/mol. The van der Waals surface area contributed by atoms with Crippen molar-refractivity contribution in [2.24, 2.45) is 5.73 Å². The Morgan fingerprint density at radius 3 is 3.00 bits per heavy atom. The summed E-state index contributed by atoms with van der Waals surface area (Å²) >= 11 is 0.